The molecular formula is C9H16ClNOS. The highest BCUT2D eigenvalue weighted by Crippen LogP contribution is 2.14. The van der Waals surface area contributed by atoms with Gasteiger partial charge in [-0.25, -0.2) is 0 Å². The highest BCUT2D eigenvalue weighted by Gasteiger charge is 1.97. The van der Waals surface area contributed by atoms with Crippen molar-refractivity contribution in [2.45, 2.75) is 26.5 Å². The minimum absolute atomic E-state index is 0. The van der Waals surface area contributed by atoms with Crippen LogP contribution in [-0.2, 0) is 6.54 Å². The highest BCUT2D eigenvalue weighted by atomic mass is 35.5. The summed E-state index contributed by atoms with van der Waals surface area (Å²) >= 11 is 1.80. The molecule has 0 aromatic carbocycles. The molecule has 0 aliphatic rings. The lowest BCUT2D eigenvalue weighted by molar-refractivity contribution is 0.191. The zero-order valence-electron chi connectivity index (χ0n) is 7.91. The Hall–Kier alpha value is -0.0900. The molecule has 0 saturated carbocycles. The van der Waals surface area contributed by atoms with Gasteiger partial charge in [-0.2, -0.15) is 0 Å². The zero-order valence-corrected chi connectivity index (χ0v) is 9.54. The number of aliphatic hydroxyl groups is 1. The van der Waals surface area contributed by atoms with E-state index in [1.807, 2.05) is 0 Å². The summed E-state index contributed by atoms with van der Waals surface area (Å²) in [6.45, 7) is 5.41. The molecule has 0 saturated heterocycles. The number of thiophene rings is 1. The fraction of sp³-hybridized carbons (Fsp3) is 0.556. The van der Waals surface area contributed by atoms with Gasteiger partial charge in [-0.1, -0.05) is 0 Å². The second-order valence-corrected chi connectivity index (χ2v) is 4.36. The zero-order chi connectivity index (χ0) is 8.97. The first-order chi connectivity index (χ1) is 5.68. The number of nitrogens with one attached hydrogen (secondary N) is 1. The summed E-state index contributed by atoms with van der Waals surface area (Å²) in [5.74, 6) is 0. The molecule has 2 nitrogen and oxygen atoms in total. The molecule has 0 bridgehead atoms. The first kappa shape index (κ1) is 12.9. The van der Waals surface area contributed by atoms with Crippen molar-refractivity contribution < 1.29 is 5.11 Å². The molecule has 13 heavy (non-hydrogen) atoms. The van der Waals surface area contributed by atoms with Gasteiger partial charge in [0.1, 0.15) is 0 Å². The molecule has 1 rings (SSSR count). The predicted molar refractivity (Wildman–Crippen MR) is 59.7 cm³/mol. The van der Waals surface area contributed by atoms with Crippen LogP contribution >= 0.6 is 23.7 Å². The predicted octanol–water partition coefficient (Wildman–Crippen LogP) is 1.95. The summed E-state index contributed by atoms with van der Waals surface area (Å²) in [4.78, 5) is 2.66. The van der Waals surface area contributed by atoms with Crippen molar-refractivity contribution in [3.8, 4) is 0 Å². The lowest BCUT2D eigenvalue weighted by atomic mass is 10.4. The number of aliphatic hydroxyl groups excluding tert-OH is 1. The van der Waals surface area contributed by atoms with E-state index in [0.717, 1.165) is 6.54 Å². The van der Waals surface area contributed by atoms with E-state index < -0.39 is 0 Å². The second kappa shape index (κ2) is 6.38. The van der Waals surface area contributed by atoms with E-state index >= 15 is 0 Å². The van der Waals surface area contributed by atoms with Crippen LogP contribution in [0, 0.1) is 6.92 Å². The summed E-state index contributed by atoms with van der Waals surface area (Å²) in [6.07, 6.45) is -0.258. The minimum Gasteiger partial charge on any atom is -0.392 e. The van der Waals surface area contributed by atoms with Crippen molar-refractivity contribution in [1.82, 2.24) is 5.32 Å². The smallest absolute Gasteiger partial charge is 0.0636 e. The van der Waals surface area contributed by atoms with Gasteiger partial charge in [-0.3, -0.25) is 0 Å². The molecule has 4 heteroatoms. The highest BCUT2D eigenvalue weighted by molar-refractivity contribution is 7.11. The molecule has 1 aromatic heterocycles. The summed E-state index contributed by atoms with van der Waals surface area (Å²) in [6, 6.07) is 4.24. The Morgan fingerprint density at radius 1 is 1.54 bits per heavy atom. The maximum absolute atomic E-state index is 8.98. The average molecular weight is 222 g/mol. The van der Waals surface area contributed by atoms with Crippen molar-refractivity contribution in [2.75, 3.05) is 6.54 Å². The molecule has 1 unspecified atom stereocenters. The molecule has 1 aromatic rings. The molecule has 1 heterocycles. The van der Waals surface area contributed by atoms with Crippen molar-refractivity contribution in [1.29, 1.82) is 0 Å². The first-order valence-electron chi connectivity index (χ1n) is 4.12. The van der Waals surface area contributed by atoms with Gasteiger partial charge in [-0.05, 0) is 26.0 Å². The van der Waals surface area contributed by atoms with E-state index in [1.54, 1.807) is 18.3 Å². The Morgan fingerprint density at radius 3 is 2.69 bits per heavy atom. The van der Waals surface area contributed by atoms with Crippen molar-refractivity contribution in [2.24, 2.45) is 0 Å². The summed E-state index contributed by atoms with van der Waals surface area (Å²) in [5.41, 5.74) is 0. The largest absolute Gasteiger partial charge is 0.392 e. The number of hydrogen-bond donors (Lipinski definition) is 2. The summed E-state index contributed by atoms with van der Waals surface area (Å²) in [7, 11) is 0. The van der Waals surface area contributed by atoms with Crippen LogP contribution in [0.4, 0.5) is 0 Å². The van der Waals surface area contributed by atoms with Crippen LogP contribution in [0.25, 0.3) is 0 Å². The van der Waals surface area contributed by atoms with E-state index in [0.29, 0.717) is 6.54 Å². The van der Waals surface area contributed by atoms with E-state index in [2.05, 4.69) is 24.4 Å². The number of hydrogen-bond acceptors (Lipinski definition) is 3. The van der Waals surface area contributed by atoms with E-state index in [4.69, 9.17) is 5.11 Å². The maximum atomic E-state index is 8.98. The molecule has 1 atom stereocenters. The molecule has 0 aliphatic carbocycles. The number of rotatable bonds is 4. The lowest BCUT2D eigenvalue weighted by Crippen LogP contribution is -2.23. The monoisotopic (exact) mass is 221 g/mol. The third-order valence-corrected chi connectivity index (χ3v) is 2.54. The molecule has 0 aliphatic heterocycles. The molecule has 76 valence electrons. The van der Waals surface area contributed by atoms with Gasteiger partial charge in [0.25, 0.3) is 0 Å². The Morgan fingerprint density at radius 2 is 2.23 bits per heavy atom. The normalized spacial score (nSPS) is 12.2. The van der Waals surface area contributed by atoms with Crippen LogP contribution in [0.5, 0.6) is 0 Å². The molecule has 0 amide bonds. The van der Waals surface area contributed by atoms with Gasteiger partial charge in [0.05, 0.1) is 6.10 Å². The Kier molecular flexibility index (Phi) is 6.33. The fourth-order valence-corrected chi connectivity index (χ4v) is 1.84. The topological polar surface area (TPSA) is 32.3 Å². The van der Waals surface area contributed by atoms with Gasteiger partial charge in [0, 0.05) is 22.8 Å². The standard InChI is InChI=1S/C9H15NOS.ClH/c1-7(11)5-10-6-9-4-3-8(2)12-9;/h3-4,7,10-11H,5-6H2,1-2H3;1H. The van der Waals surface area contributed by atoms with Gasteiger partial charge in [0.15, 0.2) is 0 Å². The van der Waals surface area contributed by atoms with Crippen LogP contribution in [-0.4, -0.2) is 17.8 Å². The third-order valence-electron chi connectivity index (χ3n) is 1.53. The van der Waals surface area contributed by atoms with E-state index in [9.17, 15) is 0 Å². The van der Waals surface area contributed by atoms with Gasteiger partial charge < -0.3 is 10.4 Å². The third kappa shape index (κ3) is 5.26. The molecule has 0 spiro atoms. The Labute approximate surface area is 89.4 Å². The van der Waals surface area contributed by atoms with E-state index in [-0.39, 0.29) is 18.5 Å². The molecular weight excluding hydrogens is 206 g/mol. The summed E-state index contributed by atoms with van der Waals surface area (Å²) < 4.78 is 0. The van der Waals surface area contributed by atoms with Crippen molar-refractivity contribution in [3.63, 3.8) is 0 Å². The Balaban J connectivity index is 0.00000144. The average Bonchev–Trinajstić information content (AvgIpc) is 2.35. The van der Waals surface area contributed by atoms with Gasteiger partial charge in [-0.15, -0.1) is 23.7 Å². The van der Waals surface area contributed by atoms with Crippen molar-refractivity contribution in [3.05, 3.63) is 21.9 Å². The maximum Gasteiger partial charge on any atom is 0.0636 e. The Bertz CT molecular complexity index is 237. The van der Waals surface area contributed by atoms with Crippen LogP contribution in [0.2, 0.25) is 0 Å². The van der Waals surface area contributed by atoms with Gasteiger partial charge >= 0.3 is 0 Å². The van der Waals surface area contributed by atoms with Gasteiger partial charge in [0.2, 0.25) is 0 Å². The lowest BCUT2D eigenvalue weighted by Gasteiger charge is -2.04. The molecule has 2 N–H and O–H groups in total. The fourth-order valence-electron chi connectivity index (χ4n) is 0.984. The number of halogens is 1. The van der Waals surface area contributed by atoms with E-state index in [1.165, 1.54) is 9.75 Å². The van der Waals surface area contributed by atoms with Crippen LogP contribution < -0.4 is 5.32 Å². The second-order valence-electron chi connectivity index (χ2n) is 2.99. The van der Waals surface area contributed by atoms with Crippen LogP contribution in [0.15, 0.2) is 12.1 Å². The summed E-state index contributed by atoms with van der Waals surface area (Å²) in [5, 5.41) is 12.2. The SMILES string of the molecule is Cc1ccc(CNCC(C)O)s1.Cl. The van der Waals surface area contributed by atoms with Crippen LogP contribution in [0.1, 0.15) is 16.7 Å². The first-order valence-corrected chi connectivity index (χ1v) is 4.94. The van der Waals surface area contributed by atoms with Crippen molar-refractivity contribution >= 4 is 23.7 Å². The minimum atomic E-state index is -0.258. The number of aryl methyl sites for hydroxylation is 1. The molecule has 0 radical (unpaired) electrons. The molecule has 0 fully saturated rings. The van der Waals surface area contributed by atoms with Crippen LogP contribution in [0.3, 0.4) is 0 Å². The quantitative estimate of drug-likeness (QED) is 0.815.